The molecule has 76 valence electrons. The highest BCUT2D eigenvalue weighted by atomic mass is 15.2. The Bertz CT molecular complexity index is 322. The third-order valence-electron chi connectivity index (χ3n) is 3.18. The van der Waals surface area contributed by atoms with Crippen molar-refractivity contribution in [2.75, 3.05) is 0 Å². The predicted octanol–water partition coefficient (Wildman–Crippen LogP) is 2.16. The molecule has 2 rings (SSSR count). The number of hydrogen-bond donors (Lipinski definition) is 2. The first-order valence-electron chi connectivity index (χ1n) is 5.25. The minimum atomic E-state index is 0.338. The van der Waals surface area contributed by atoms with E-state index in [2.05, 4.69) is 43.5 Å². The van der Waals surface area contributed by atoms with Crippen LogP contribution in [-0.4, -0.2) is 0 Å². The van der Waals surface area contributed by atoms with Crippen molar-refractivity contribution in [1.82, 2.24) is 5.43 Å². The molecule has 0 aromatic heterocycles. The van der Waals surface area contributed by atoms with Crippen LogP contribution < -0.4 is 11.3 Å². The summed E-state index contributed by atoms with van der Waals surface area (Å²) in [5.74, 6) is 7.15. The Morgan fingerprint density at radius 1 is 1.50 bits per heavy atom. The van der Waals surface area contributed by atoms with Gasteiger partial charge in [0.05, 0.1) is 0 Å². The van der Waals surface area contributed by atoms with Crippen molar-refractivity contribution >= 4 is 0 Å². The number of rotatable bonds is 3. The van der Waals surface area contributed by atoms with Crippen molar-refractivity contribution in [1.29, 1.82) is 0 Å². The van der Waals surface area contributed by atoms with Crippen molar-refractivity contribution in [3.63, 3.8) is 0 Å². The van der Waals surface area contributed by atoms with Gasteiger partial charge in [0.25, 0.3) is 0 Å². The van der Waals surface area contributed by atoms with E-state index >= 15 is 0 Å². The minimum Gasteiger partial charge on any atom is -0.271 e. The second kappa shape index (κ2) is 3.71. The largest absolute Gasteiger partial charge is 0.271 e. The Labute approximate surface area is 85.5 Å². The van der Waals surface area contributed by atoms with Gasteiger partial charge < -0.3 is 0 Å². The summed E-state index contributed by atoms with van der Waals surface area (Å²) < 4.78 is 0. The van der Waals surface area contributed by atoms with Crippen molar-refractivity contribution in [3.8, 4) is 0 Å². The second-order valence-electron chi connectivity index (χ2n) is 4.44. The molecule has 1 aromatic carbocycles. The number of benzene rings is 1. The van der Waals surface area contributed by atoms with Gasteiger partial charge in [-0.3, -0.25) is 11.3 Å². The summed E-state index contributed by atoms with van der Waals surface area (Å²) in [5, 5.41) is 0. The van der Waals surface area contributed by atoms with Gasteiger partial charge in [-0.15, -0.1) is 0 Å². The number of hydrogen-bond acceptors (Lipinski definition) is 2. The van der Waals surface area contributed by atoms with E-state index in [1.165, 1.54) is 17.5 Å². The van der Waals surface area contributed by atoms with Crippen molar-refractivity contribution in [3.05, 3.63) is 35.4 Å². The van der Waals surface area contributed by atoms with Crippen LogP contribution in [0, 0.1) is 18.8 Å². The average Bonchev–Trinajstić information content (AvgIpc) is 2.84. The molecular formula is C12H18N2. The van der Waals surface area contributed by atoms with Crippen LogP contribution in [0.4, 0.5) is 0 Å². The lowest BCUT2D eigenvalue weighted by atomic mass is 10.0. The Morgan fingerprint density at radius 3 is 2.71 bits per heavy atom. The molecule has 1 aliphatic carbocycles. The zero-order chi connectivity index (χ0) is 10.1. The highest BCUT2D eigenvalue weighted by Crippen LogP contribution is 2.46. The molecule has 1 aliphatic rings. The first-order chi connectivity index (χ1) is 6.72. The maximum atomic E-state index is 5.61. The number of hydrazine groups is 1. The predicted molar refractivity (Wildman–Crippen MR) is 58.5 cm³/mol. The molecule has 0 saturated heterocycles. The van der Waals surface area contributed by atoms with Crippen LogP contribution >= 0.6 is 0 Å². The van der Waals surface area contributed by atoms with Crippen LogP contribution in [0.2, 0.25) is 0 Å². The fraction of sp³-hybridized carbons (Fsp3) is 0.500. The van der Waals surface area contributed by atoms with E-state index in [1.807, 2.05) is 0 Å². The third-order valence-corrected chi connectivity index (χ3v) is 3.18. The number of aryl methyl sites for hydroxylation is 1. The third kappa shape index (κ3) is 1.81. The molecule has 2 nitrogen and oxygen atoms in total. The van der Waals surface area contributed by atoms with Gasteiger partial charge in [-0.2, -0.15) is 0 Å². The molecular weight excluding hydrogens is 172 g/mol. The summed E-state index contributed by atoms with van der Waals surface area (Å²) in [6.45, 7) is 4.40. The molecule has 3 atom stereocenters. The summed E-state index contributed by atoms with van der Waals surface area (Å²) in [6, 6.07) is 8.93. The summed E-state index contributed by atoms with van der Waals surface area (Å²) in [5.41, 5.74) is 5.56. The van der Waals surface area contributed by atoms with E-state index in [9.17, 15) is 0 Å². The smallest absolute Gasteiger partial charge is 0.0490 e. The van der Waals surface area contributed by atoms with Gasteiger partial charge in [-0.05, 0) is 30.7 Å². The molecule has 1 fully saturated rings. The van der Waals surface area contributed by atoms with Gasteiger partial charge in [0.1, 0.15) is 0 Å². The van der Waals surface area contributed by atoms with Crippen LogP contribution in [0.5, 0.6) is 0 Å². The lowest BCUT2D eigenvalue weighted by molar-refractivity contribution is 0.475. The van der Waals surface area contributed by atoms with Crippen LogP contribution in [0.3, 0.4) is 0 Å². The summed E-state index contributed by atoms with van der Waals surface area (Å²) in [7, 11) is 0. The van der Waals surface area contributed by atoms with Gasteiger partial charge >= 0.3 is 0 Å². The van der Waals surface area contributed by atoms with Crippen LogP contribution in [0.1, 0.15) is 30.5 Å². The minimum absolute atomic E-state index is 0.338. The molecule has 14 heavy (non-hydrogen) atoms. The Balaban J connectivity index is 2.19. The zero-order valence-corrected chi connectivity index (χ0v) is 8.83. The van der Waals surface area contributed by atoms with Crippen molar-refractivity contribution in [2.45, 2.75) is 26.3 Å². The van der Waals surface area contributed by atoms with E-state index in [1.54, 1.807) is 0 Å². The molecule has 2 heteroatoms. The van der Waals surface area contributed by atoms with Crippen molar-refractivity contribution < 1.29 is 0 Å². The van der Waals surface area contributed by atoms with E-state index in [0.29, 0.717) is 6.04 Å². The molecule has 1 aromatic rings. The molecule has 0 spiro atoms. The normalized spacial score (nSPS) is 27.4. The molecule has 1 saturated carbocycles. The van der Waals surface area contributed by atoms with E-state index < -0.39 is 0 Å². The van der Waals surface area contributed by atoms with Gasteiger partial charge in [0, 0.05) is 6.04 Å². The Hall–Kier alpha value is -0.860. The fourth-order valence-corrected chi connectivity index (χ4v) is 2.15. The molecule has 0 amide bonds. The van der Waals surface area contributed by atoms with E-state index in [-0.39, 0.29) is 0 Å². The lowest BCUT2D eigenvalue weighted by Crippen LogP contribution is -2.29. The summed E-state index contributed by atoms with van der Waals surface area (Å²) >= 11 is 0. The van der Waals surface area contributed by atoms with E-state index in [0.717, 1.165) is 11.8 Å². The average molecular weight is 190 g/mol. The first kappa shape index (κ1) is 9.69. The van der Waals surface area contributed by atoms with Gasteiger partial charge in [0.2, 0.25) is 0 Å². The molecule has 0 aliphatic heterocycles. The van der Waals surface area contributed by atoms with E-state index in [4.69, 9.17) is 5.84 Å². The lowest BCUT2D eigenvalue weighted by Gasteiger charge is -2.16. The summed E-state index contributed by atoms with van der Waals surface area (Å²) in [4.78, 5) is 0. The highest BCUT2D eigenvalue weighted by Gasteiger charge is 2.39. The SMILES string of the molecule is Cc1cccc(C(NN)C2CC2C)c1. The van der Waals surface area contributed by atoms with Gasteiger partial charge in [-0.1, -0.05) is 36.8 Å². The van der Waals surface area contributed by atoms with Crippen LogP contribution in [0.15, 0.2) is 24.3 Å². The molecule has 0 bridgehead atoms. The van der Waals surface area contributed by atoms with Crippen LogP contribution in [0.25, 0.3) is 0 Å². The van der Waals surface area contributed by atoms with Crippen LogP contribution in [-0.2, 0) is 0 Å². The van der Waals surface area contributed by atoms with Crippen molar-refractivity contribution in [2.24, 2.45) is 17.7 Å². The molecule has 3 N–H and O–H groups in total. The molecule has 0 heterocycles. The maximum absolute atomic E-state index is 5.61. The fourth-order valence-electron chi connectivity index (χ4n) is 2.15. The monoisotopic (exact) mass is 190 g/mol. The number of nitrogens with one attached hydrogen (secondary N) is 1. The first-order valence-corrected chi connectivity index (χ1v) is 5.25. The maximum Gasteiger partial charge on any atom is 0.0490 e. The molecule has 0 radical (unpaired) electrons. The topological polar surface area (TPSA) is 38.0 Å². The highest BCUT2D eigenvalue weighted by molar-refractivity contribution is 5.26. The van der Waals surface area contributed by atoms with Gasteiger partial charge in [-0.25, -0.2) is 0 Å². The summed E-state index contributed by atoms with van der Waals surface area (Å²) in [6.07, 6.45) is 1.29. The Kier molecular flexibility index (Phi) is 2.57. The zero-order valence-electron chi connectivity index (χ0n) is 8.83. The standard InChI is InChI=1S/C12H18N2/c1-8-4-3-5-10(6-8)12(14-13)11-7-9(11)2/h3-6,9,11-12,14H,7,13H2,1-2H3. The molecule has 3 unspecified atom stereocenters. The second-order valence-corrected chi connectivity index (χ2v) is 4.44. The van der Waals surface area contributed by atoms with Gasteiger partial charge in [0.15, 0.2) is 0 Å². The Morgan fingerprint density at radius 2 is 2.21 bits per heavy atom. The quantitative estimate of drug-likeness (QED) is 0.566. The number of nitrogens with two attached hydrogens (primary N) is 1.